The van der Waals surface area contributed by atoms with Gasteiger partial charge in [-0.1, -0.05) is 0 Å². The quantitative estimate of drug-likeness (QED) is 0.874. The monoisotopic (exact) mass is 240 g/mol. The van der Waals surface area contributed by atoms with Crippen LogP contribution in [0.15, 0.2) is 12.1 Å². The molecule has 0 saturated heterocycles. The molecule has 1 aromatic carbocycles. The molecule has 0 spiro atoms. The molecule has 0 bridgehead atoms. The van der Waals surface area contributed by atoms with Gasteiger partial charge in [-0.05, 0) is 24.5 Å². The maximum Gasteiger partial charge on any atom is 0.303 e. The highest BCUT2D eigenvalue weighted by Crippen LogP contribution is 2.33. The number of rotatable bonds is 4. The van der Waals surface area contributed by atoms with Crippen LogP contribution in [0.4, 0.5) is 4.39 Å². The van der Waals surface area contributed by atoms with E-state index in [4.69, 9.17) is 14.6 Å². The highest BCUT2D eigenvalue weighted by Gasteiger charge is 2.15. The topological polar surface area (TPSA) is 55.8 Å². The summed E-state index contributed by atoms with van der Waals surface area (Å²) in [4.78, 5) is 10.4. The van der Waals surface area contributed by atoms with Crippen LogP contribution in [-0.2, 0) is 11.2 Å². The summed E-state index contributed by atoms with van der Waals surface area (Å²) in [6.07, 6.45) is 0.828. The van der Waals surface area contributed by atoms with Crippen molar-refractivity contribution < 1.29 is 23.8 Å². The van der Waals surface area contributed by atoms with Crippen molar-refractivity contribution >= 4 is 5.97 Å². The second-order valence-electron chi connectivity index (χ2n) is 3.83. The molecule has 17 heavy (non-hydrogen) atoms. The first-order valence-electron chi connectivity index (χ1n) is 5.46. The fourth-order valence-electron chi connectivity index (χ4n) is 1.73. The van der Waals surface area contributed by atoms with Crippen LogP contribution in [0.3, 0.4) is 0 Å². The van der Waals surface area contributed by atoms with Crippen molar-refractivity contribution in [2.24, 2.45) is 0 Å². The van der Waals surface area contributed by atoms with E-state index in [1.165, 1.54) is 6.07 Å². The Labute approximate surface area is 98.0 Å². The van der Waals surface area contributed by atoms with Crippen molar-refractivity contribution in [3.05, 3.63) is 23.5 Å². The minimum absolute atomic E-state index is 0.0356. The Hall–Kier alpha value is -1.78. The minimum atomic E-state index is -0.872. The average Bonchev–Trinajstić information content (AvgIpc) is 2.29. The van der Waals surface area contributed by atoms with E-state index in [1.807, 2.05) is 0 Å². The Morgan fingerprint density at radius 3 is 2.59 bits per heavy atom. The van der Waals surface area contributed by atoms with Crippen LogP contribution >= 0.6 is 0 Å². The third-order valence-corrected chi connectivity index (χ3v) is 2.55. The van der Waals surface area contributed by atoms with Crippen LogP contribution in [0, 0.1) is 5.82 Å². The van der Waals surface area contributed by atoms with Gasteiger partial charge in [-0.3, -0.25) is 4.79 Å². The molecule has 0 atom stereocenters. The predicted octanol–water partition coefficient (Wildman–Crippen LogP) is 2.00. The number of fused-ring (bicyclic) bond motifs is 1. The SMILES string of the molecule is O=C(O)CCCc1cc2c(cc1F)OCCO2. The van der Waals surface area contributed by atoms with E-state index < -0.39 is 5.97 Å². The normalized spacial score (nSPS) is 13.5. The van der Waals surface area contributed by atoms with E-state index >= 15 is 0 Å². The van der Waals surface area contributed by atoms with Gasteiger partial charge in [0.25, 0.3) is 0 Å². The fraction of sp³-hybridized carbons (Fsp3) is 0.417. The smallest absolute Gasteiger partial charge is 0.303 e. The van der Waals surface area contributed by atoms with E-state index in [-0.39, 0.29) is 12.2 Å². The van der Waals surface area contributed by atoms with Crippen molar-refractivity contribution in [3.63, 3.8) is 0 Å². The Balaban J connectivity index is 2.09. The molecule has 0 fully saturated rings. The summed E-state index contributed by atoms with van der Waals surface area (Å²) in [5, 5.41) is 8.51. The van der Waals surface area contributed by atoms with Crippen LogP contribution in [0.1, 0.15) is 18.4 Å². The Kier molecular flexibility index (Phi) is 3.46. The summed E-state index contributed by atoms with van der Waals surface area (Å²) in [6.45, 7) is 0.873. The number of aryl methyl sites for hydroxylation is 1. The van der Waals surface area contributed by atoms with Gasteiger partial charge in [0.05, 0.1) is 0 Å². The number of carbonyl (C=O) groups is 1. The van der Waals surface area contributed by atoms with Crippen molar-refractivity contribution in [2.75, 3.05) is 13.2 Å². The molecule has 0 radical (unpaired) electrons. The summed E-state index contributed by atoms with van der Waals surface area (Å²) in [5.74, 6) is -0.304. The van der Waals surface area contributed by atoms with Crippen LogP contribution in [0.25, 0.3) is 0 Å². The third kappa shape index (κ3) is 2.87. The lowest BCUT2D eigenvalue weighted by molar-refractivity contribution is -0.137. The molecule has 0 aliphatic carbocycles. The molecule has 92 valence electrons. The molecular formula is C12H13FO4. The lowest BCUT2D eigenvalue weighted by atomic mass is 10.1. The molecule has 0 amide bonds. The zero-order valence-corrected chi connectivity index (χ0v) is 9.24. The highest BCUT2D eigenvalue weighted by molar-refractivity contribution is 5.66. The van der Waals surface area contributed by atoms with Gasteiger partial charge in [-0.25, -0.2) is 4.39 Å². The third-order valence-electron chi connectivity index (χ3n) is 2.55. The lowest BCUT2D eigenvalue weighted by Gasteiger charge is -2.19. The molecule has 1 aromatic rings. The summed E-state index contributed by atoms with van der Waals surface area (Å²) in [7, 11) is 0. The van der Waals surface area contributed by atoms with Crippen LogP contribution < -0.4 is 9.47 Å². The van der Waals surface area contributed by atoms with Gasteiger partial charge in [-0.2, -0.15) is 0 Å². The number of aliphatic carboxylic acids is 1. The van der Waals surface area contributed by atoms with Gasteiger partial charge in [0.15, 0.2) is 11.5 Å². The molecule has 1 N–H and O–H groups in total. The average molecular weight is 240 g/mol. The molecule has 1 heterocycles. The van der Waals surface area contributed by atoms with E-state index in [0.717, 1.165) is 0 Å². The lowest BCUT2D eigenvalue weighted by Crippen LogP contribution is -2.16. The van der Waals surface area contributed by atoms with Crippen LogP contribution in [-0.4, -0.2) is 24.3 Å². The van der Waals surface area contributed by atoms with E-state index in [9.17, 15) is 9.18 Å². The van der Waals surface area contributed by atoms with E-state index in [0.29, 0.717) is 43.1 Å². The van der Waals surface area contributed by atoms with Gasteiger partial charge >= 0.3 is 5.97 Å². The van der Waals surface area contributed by atoms with E-state index in [1.54, 1.807) is 6.07 Å². The molecular weight excluding hydrogens is 227 g/mol. The zero-order valence-electron chi connectivity index (χ0n) is 9.24. The number of hydrogen-bond acceptors (Lipinski definition) is 3. The van der Waals surface area contributed by atoms with Crippen molar-refractivity contribution in [1.29, 1.82) is 0 Å². The second-order valence-corrected chi connectivity index (χ2v) is 3.83. The molecule has 1 aliphatic heterocycles. The molecule has 2 rings (SSSR count). The number of carboxylic acids is 1. The first-order valence-corrected chi connectivity index (χ1v) is 5.46. The molecule has 1 aliphatic rings. The number of hydrogen-bond donors (Lipinski definition) is 1. The van der Waals surface area contributed by atoms with Crippen molar-refractivity contribution in [3.8, 4) is 11.5 Å². The summed E-state index contributed by atoms with van der Waals surface area (Å²) in [6, 6.07) is 2.89. The summed E-state index contributed by atoms with van der Waals surface area (Å²) >= 11 is 0. The number of halogens is 1. The fourth-order valence-corrected chi connectivity index (χ4v) is 1.73. The van der Waals surface area contributed by atoms with E-state index in [2.05, 4.69) is 0 Å². The maximum absolute atomic E-state index is 13.6. The summed E-state index contributed by atoms with van der Waals surface area (Å²) < 4.78 is 24.2. The number of carboxylic acid groups (broad SMARTS) is 1. The van der Waals surface area contributed by atoms with Crippen LogP contribution in [0.2, 0.25) is 0 Å². The van der Waals surface area contributed by atoms with Crippen LogP contribution in [0.5, 0.6) is 11.5 Å². The highest BCUT2D eigenvalue weighted by atomic mass is 19.1. The molecule has 5 heteroatoms. The van der Waals surface area contributed by atoms with Gasteiger partial charge in [0, 0.05) is 12.5 Å². The summed E-state index contributed by atoms with van der Waals surface area (Å²) in [5.41, 5.74) is 0.468. The molecule has 0 aromatic heterocycles. The molecule has 0 unspecified atom stereocenters. The second kappa shape index (κ2) is 5.03. The van der Waals surface area contributed by atoms with Gasteiger partial charge < -0.3 is 14.6 Å². The Morgan fingerprint density at radius 2 is 1.94 bits per heavy atom. The first-order chi connectivity index (χ1) is 8.16. The molecule has 4 nitrogen and oxygen atoms in total. The number of benzene rings is 1. The number of ether oxygens (including phenoxy) is 2. The van der Waals surface area contributed by atoms with Gasteiger partial charge in [0.2, 0.25) is 0 Å². The van der Waals surface area contributed by atoms with Crippen molar-refractivity contribution in [2.45, 2.75) is 19.3 Å². The maximum atomic E-state index is 13.6. The van der Waals surface area contributed by atoms with Gasteiger partial charge in [0.1, 0.15) is 19.0 Å². The predicted molar refractivity (Wildman–Crippen MR) is 58.0 cm³/mol. The molecule has 0 saturated carbocycles. The standard InChI is InChI=1S/C12H13FO4/c13-9-7-11-10(16-4-5-17-11)6-8(9)2-1-3-12(14)15/h6-7H,1-5H2,(H,14,15). The Bertz CT molecular complexity index is 431. The van der Waals surface area contributed by atoms with Crippen molar-refractivity contribution in [1.82, 2.24) is 0 Å². The largest absolute Gasteiger partial charge is 0.486 e. The zero-order chi connectivity index (χ0) is 12.3. The first kappa shape index (κ1) is 11.7. The van der Waals surface area contributed by atoms with Gasteiger partial charge in [-0.15, -0.1) is 0 Å². The minimum Gasteiger partial charge on any atom is -0.486 e. The Morgan fingerprint density at radius 1 is 1.29 bits per heavy atom.